The van der Waals surface area contributed by atoms with Gasteiger partial charge in [0.1, 0.15) is 11.9 Å². The molecule has 1 unspecified atom stereocenters. The van der Waals surface area contributed by atoms with E-state index in [1.54, 1.807) is 18.5 Å². The lowest BCUT2D eigenvalue weighted by atomic mass is 10.1. The second-order valence-electron chi connectivity index (χ2n) is 4.98. The first-order valence-corrected chi connectivity index (χ1v) is 7.41. The monoisotopic (exact) mass is 300 g/mol. The van der Waals surface area contributed by atoms with Crippen LogP contribution in [0.1, 0.15) is 32.4 Å². The standard InChI is InChI=1S/C16H20N4O2/c1-3-5-13(16(21)22)19-14-10-12(4-2)18-15(20-14)11-6-8-17-9-7-11/h6-10,13H,3-5H2,1-2H3,(H,21,22)(H,18,19,20). The van der Waals surface area contributed by atoms with Crippen molar-refractivity contribution in [2.75, 3.05) is 5.32 Å². The van der Waals surface area contributed by atoms with Gasteiger partial charge in [-0.3, -0.25) is 4.98 Å². The topological polar surface area (TPSA) is 88.0 Å². The van der Waals surface area contributed by atoms with E-state index in [2.05, 4.69) is 20.3 Å². The first-order valence-electron chi connectivity index (χ1n) is 7.41. The molecule has 0 saturated carbocycles. The summed E-state index contributed by atoms with van der Waals surface area (Å²) in [5, 5.41) is 12.3. The van der Waals surface area contributed by atoms with Crippen molar-refractivity contribution in [1.29, 1.82) is 0 Å². The van der Waals surface area contributed by atoms with Crippen LogP contribution in [0.5, 0.6) is 0 Å². The number of nitrogens with one attached hydrogen (secondary N) is 1. The Hall–Kier alpha value is -2.50. The Morgan fingerprint density at radius 3 is 2.59 bits per heavy atom. The lowest BCUT2D eigenvalue weighted by Gasteiger charge is -2.15. The summed E-state index contributed by atoms with van der Waals surface area (Å²) in [4.78, 5) is 24.2. The van der Waals surface area contributed by atoms with Crippen LogP contribution in [0, 0.1) is 0 Å². The number of anilines is 1. The third-order valence-corrected chi connectivity index (χ3v) is 3.28. The Bertz CT molecular complexity index is 631. The molecule has 1 atom stereocenters. The number of aliphatic carboxylic acids is 1. The normalized spacial score (nSPS) is 11.9. The number of pyridine rings is 1. The minimum Gasteiger partial charge on any atom is -0.480 e. The fourth-order valence-corrected chi connectivity index (χ4v) is 2.11. The van der Waals surface area contributed by atoms with Gasteiger partial charge in [0.15, 0.2) is 5.82 Å². The van der Waals surface area contributed by atoms with E-state index in [0.29, 0.717) is 18.1 Å². The van der Waals surface area contributed by atoms with Crippen LogP contribution in [0.4, 0.5) is 5.82 Å². The molecule has 6 nitrogen and oxygen atoms in total. The molecular weight excluding hydrogens is 280 g/mol. The van der Waals surface area contributed by atoms with E-state index in [1.165, 1.54) is 0 Å². The number of carboxylic acid groups (broad SMARTS) is 1. The predicted molar refractivity (Wildman–Crippen MR) is 84.6 cm³/mol. The number of aromatic nitrogens is 3. The van der Waals surface area contributed by atoms with Crippen LogP contribution in [0.25, 0.3) is 11.4 Å². The van der Waals surface area contributed by atoms with Gasteiger partial charge >= 0.3 is 5.97 Å². The Labute approximate surface area is 129 Å². The Kier molecular flexibility index (Phi) is 5.41. The van der Waals surface area contributed by atoms with Crippen LogP contribution in [0.15, 0.2) is 30.6 Å². The summed E-state index contributed by atoms with van der Waals surface area (Å²) in [5.74, 6) is 0.244. The zero-order valence-corrected chi connectivity index (χ0v) is 12.8. The summed E-state index contributed by atoms with van der Waals surface area (Å²) < 4.78 is 0. The molecule has 2 heterocycles. The molecule has 6 heteroatoms. The van der Waals surface area contributed by atoms with E-state index < -0.39 is 12.0 Å². The van der Waals surface area contributed by atoms with Crippen LogP contribution < -0.4 is 5.32 Å². The number of nitrogens with zero attached hydrogens (tertiary/aromatic N) is 3. The molecule has 2 N–H and O–H groups in total. The average Bonchev–Trinajstić information content (AvgIpc) is 2.55. The van der Waals surface area contributed by atoms with Gasteiger partial charge in [0.25, 0.3) is 0 Å². The van der Waals surface area contributed by atoms with Crippen molar-refractivity contribution < 1.29 is 9.90 Å². The van der Waals surface area contributed by atoms with Crippen molar-refractivity contribution in [2.24, 2.45) is 0 Å². The molecule has 0 radical (unpaired) electrons. The number of carbonyl (C=O) groups is 1. The molecule has 2 aromatic rings. The number of hydrogen-bond donors (Lipinski definition) is 2. The number of rotatable bonds is 7. The number of hydrogen-bond acceptors (Lipinski definition) is 5. The molecular formula is C16H20N4O2. The highest BCUT2D eigenvalue weighted by atomic mass is 16.4. The summed E-state index contributed by atoms with van der Waals surface area (Å²) in [5.41, 5.74) is 1.72. The second-order valence-corrected chi connectivity index (χ2v) is 4.98. The maximum absolute atomic E-state index is 11.3. The summed E-state index contributed by atoms with van der Waals surface area (Å²) >= 11 is 0. The molecule has 0 aromatic carbocycles. The molecule has 2 rings (SSSR count). The molecule has 22 heavy (non-hydrogen) atoms. The number of carboxylic acids is 1. The first kappa shape index (κ1) is 15.9. The molecule has 0 spiro atoms. The summed E-state index contributed by atoms with van der Waals surface area (Å²) in [6.45, 7) is 3.96. The SMILES string of the molecule is CCCC(Nc1cc(CC)nc(-c2ccncc2)n1)C(=O)O. The van der Waals surface area contributed by atoms with E-state index in [1.807, 2.05) is 26.0 Å². The van der Waals surface area contributed by atoms with Crippen molar-refractivity contribution in [3.63, 3.8) is 0 Å². The molecule has 0 amide bonds. The molecule has 0 bridgehead atoms. The highest BCUT2D eigenvalue weighted by molar-refractivity contribution is 5.77. The van der Waals surface area contributed by atoms with Crippen molar-refractivity contribution in [3.8, 4) is 11.4 Å². The Balaban J connectivity index is 2.33. The first-order chi connectivity index (χ1) is 10.6. The van der Waals surface area contributed by atoms with Crippen molar-refractivity contribution >= 4 is 11.8 Å². The predicted octanol–water partition coefficient (Wildman–Crippen LogP) is 2.77. The van der Waals surface area contributed by atoms with Gasteiger partial charge in [-0.25, -0.2) is 14.8 Å². The molecule has 2 aromatic heterocycles. The Morgan fingerprint density at radius 2 is 2.00 bits per heavy atom. The largest absolute Gasteiger partial charge is 0.480 e. The summed E-state index contributed by atoms with van der Waals surface area (Å²) in [6.07, 6.45) is 5.45. The van der Waals surface area contributed by atoms with E-state index in [0.717, 1.165) is 24.1 Å². The van der Waals surface area contributed by atoms with Gasteiger partial charge in [0, 0.05) is 29.7 Å². The van der Waals surface area contributed by atoms with Crippen LogP contribution in [-0.2, 0) is 11.2 Å². The third-order valence-electron chi connectivity index (χ3n) is 3.28. The van der Waals surface area contributed by atoms with E-state index in [9.17, 15) is 9.90 Å². The summed E-state index contributed by atoms with van der Waals surface area (Å²) in [7, 11) is 0. The van der Waals surface area contributed by atoms with Gasteiger partial charge in [-0.15, -0.1) is 0 Å². The number of aryl methyl sites for hydroxylation is 1. The smallest absolute Gasteiger partial charge is 0.326 e. The maximum Gasteiger partial charge on any atom is 0.326 e. The summed E-state index contributed by atoms with van der Waals surface area (Å²) in [6, 6.07) is 4.82. The quantitative estimate of drug-likeness (QED) is 0.817. The molecule has 0 aliphatic carbocycles. The van der Waals surface area contributed by atoms with Gasteiger partial charge in [-0.2, -0.15) is 0 Å². The zero-order valence-electron chi connectivity index (χ0n) is 12.8. The van der Waals surface area contributed by atoms with Crippen molar-refractivity contribution in [1.82, 2.24) is 15.0 Å². The molecule has 0 aliphatic heterocycles. The highest BCUT2D eigenvalue weighted by Crippen LogP contribution is 2.18. The lowest BCUT2D eigenvalue weighted by molar-refractivity contribution is -0.138. The van der Waals surface area contributed by atoms with Gasteiger partial charge in [-0.05, 0) is 25.0 Å². The van der Waals surface area contributed by atoms with Crippen molar-refractivity contribution in [3.05, 3.63) is 36.3 Å². The van der Waals surface area contributed by atoms with E-state index in [4.69, 9.17) is 0 Å². The third kappa shape index (κ3) is 4.00. The maximum atomic E-state index is 11.3. The fraction of sp³-hybridized carbons (Fsp3) is 0.375. The van der Waals surface area contributed by atoms with Gasteiger partial charge < -0.3 is 10.4 Å². The molecule has 116 valence electrons. The highest BCUT2D eigenvalue weighted by Gasteiger charge is 2.17. The minimum atomic E-state index is -0.871. The lowest BCUT2D eigenvalue weighted by Crippen LogP contribution is -2.29. The van der Waals surface area contributed by atoms with Gasteiger partial charge in [0.2, 0.25) is 0 Å². The molecule has 0 saturated heterocycles. The van der Waals surface area contributed by atoms with Crippen LogP contribution >= 0.6 is 0 Å². The van der Waals surface area contributed by atoms with Crippen LogP contribution in [-0.4, -0.2) is 32.1 Å². The minimum absolute atomic E-state index is 0.541. The average molecular weight is 300 g/mol. The fourth-order valence-electron chi connectivity index (χ4n) is 2.11. The van der Waals surface area contributed by atoms with Gasteiger partial charge in [-0.1, -0.05) is 20.3 Å². The van der Waals surface area contributed by atoms with E-state index >= 15 is 0 Å². The van der Waals surface area contributed by atoms with Crippen LogP contribution in [0.3, 0.4) is 0 Å². The zero-order chi connectivity index (χ0) is 15.9. The molecule has 0 fully saturated rings. The Morgan fingerprint density at radius 1 is 1.27 bits per heavy atom. The van der Waals surface area contributed by atoms with Crippen LogP contribution in [0.2, 0.25) is 0 Å². The van der Waals surface area contributed by atoms with Crippen molar-refractivity contribution in [2.45, 2.75) is 39.2 Å². The molecule has 0 aliphatic rings. The van der Waals surface area contributed by atoms with E-state index in [-0.39, 0.29) is 0 Å². The second kappa shape index (κ2) is 7.49. The van der Waals surface area contributed by atoms with Gasteiger partial charge in [0.05, 0.1) is 0 Å².